The minimum absolute atomic E-state index is 0.0515. The number of sulfonamides is 1. The third kappa shape index (κ3) is 4.39. The number of unbranched alkanes of at least 4 members (excludes halogenated alkanes) is 1. The Bertz CT molecular complexity index is 284. The lowest BCUT2D eigenvalue weighted by atomic mass is 9.99. The summed E-state index contributed by atoms with van der Waals surface area (Å²) in [5.41, 5.74) is 5.66. The minimum Gasteiger partial charge on any atom is -0.329 e. The van der Waals surface area contributed by atoms with Crippen molar-refractivity contribution in [2.45, 2.75) is 51.5 Å². The van der Waals surface area contributed by atoms with Gasteiger partial charge in [0.2, 0.25) is 10.0 Å². The Balaban J connectivity index is 2.48. The van der Waals surface area contributed by atoms with Gasteiger partial charge >= 0.3 is 0 Å². The highest BCUT2D eigenvalue weighted by molar-refractivity contribution is 7.89. The summed E-state index contributed by atoms with van der Waals surface area (Å²) in [5, 5.41) is 0. The summed E-state index contributed by atoms with van der Waals surface area (Å²) in [6, 6.07) is -0.0515. The molecule has 0 bridgehead atoms. The molecule has 0 aliphatic heterocycles. The lowest BCUT2D eigenvalue weighted by Gasteiger charge is -2.22. The predicted octanol–water partition coefficient (Wildman–Crippen LogP) is 1.22. The maximum absolute atomic E-state index is 11.7. The van der Waals surface area contributed by atoms with Gasteiger partial charge in [-0.05, 0) is 25.2 Å². The molecule has 0 aromatic heterocycles. The number of rotatable bonds is 7. The van der Waals surface area contributed by atoms with E-state index in [1.165, 1.54) is 12.8 Å². The first-order valence-corrected chi connectivity index (χ1v) is 7.94. The van der Waals surface area contributed by atoms with E-state index in [1.54, 1.807) is 0 Å². The van der Waals surface area contributed by atoms with Crippen molar-refractivity contribution in [2.24, 2.45) is 11.7 Å². The van der Waals surface area contributed by atoms with Crippen LogP contribution in [0.1, 0.15) is 45.4 Å². The van der Waals surface area contributed by atoms with Gasteiger partial charge in [-0.1, -0.05) is 26.2 Å². The highest BCUT2D eigenvalue weighted by Gasteiger charge is 2.27. The molecular weight excluding hydrogens is 224 g/mol. The van der Waals surface area contributed by atoms with E-state index in [2.05, 4.69) is 4.72 Å². The Morgan fingerprint density at radius 1 is 1.38 bits per heavy atom. The van der Waals surface area contributed by atoms with E-state index in [4.69, 9.17) is 5.73 Å². The Morgan fingerprint density at radius 2 is 2.00 bits per heavy atom. The van der Waals surface area contributed by atoms with E-state index >= 15 is 0 Å². The summed E-state index contributed by atoms with van der Waals surface area (Å²) in [6.45, 7) is 2.41. The van der Waals surface area contributed by atoms with Crippen molar-refractivity contribution in [1.29, 1.82) is 0 Å². The van der Waals surface area contributed by atoms with Crippen LogP contribution in [0.5, 0.6) is 0 Å². The van der Waals surface area contributed by atoms with Crippen LogP contribution in [-0.4, -0.2) is 26.8 Å². The fourth-order valence-electron chi connectivity index (χ4n) is 2.32. The maximum Gasteiger partial charge on any atom is 0.211 e. The molecule has 1 saturated carbocycles. The van der Waals surface area contributed by atoms with E-state index in [0.29, 0.717) is 12.5 Å². The standard InChI is InChI=1S/C11H24N2O2S/c1-2-3-8-16(14,15)13-11(9-12)10-6-4-5-7-10/h10-11,13H,2-9,12H2,1H3. The smallest absolute Gasteiger partial charge is 0.211 e. The van der Waals surface area contributed by atoms with Crippen LogP contribution < -0.4 is 10.5 Å². The molecule has 1 fully saturated rings. The topological polar surface area (TPSA) is 72.2 Å². The monoisotopic (exact) mass is 248 g/mol. The van der Waals surface area contributed by atoms with Gasteiger partial charge in [0.05, 0.1) is 5.75 Å². The van der Waals surface area contributed by atoms with E-state index in [9.17, 15) is 8.42 Å². The van der Waals surface area contributed by atoms with Gasteiger partial charge in [-0.25, -0.2) is 13.1 Å². The van der Waals surface area contributed by atoms with E-state index in [0.717, 1.165) is 25.7 Å². The first-order valence-electron chi connectivity index (χ1n) is 6.29. The molecule has 96 valence electrons. The van der Waals surface area contributed by atoms with Gasteiger partial charge in [-0.3, -0.25) is 0 Å². The molecule has 0 radical (unpaired) electrons. The third-order valence-corrected chi connectivity index (χ3v) is 4.81. The van der Waals surface area contributed by atoms with Crippen LogP contribution in [0, 0.1) is 5.92 Å². The van der Waals surface area contributed by atoms with Crippen molar-refractivity contribution >= 4 is 10.0 Å². The molecule has 0 aromatic carbocycles. The van der Waals surface area contributed by atoms with E-state index < -0.39 is 10.0 Å². The van der Waals surface area contributed by atoms with Crippen LogP contribution in [0.2, 0.25) is 0 Å². The third-order valence-electron chi connectivity index (χ3n) is 3.32. The maximum atomic E-state index is 11.7. The van der Waals surface area contributed by atoms with Crippen molar-refractivity contribution in [2.75, 3.05) is 12.3 Å². The Labute approximate surface area is 99.0 Å². The Hall–Kier alpha value is -0.130. The second-order valence-corrected chi connectivity index (χ2v) is 6.55. The fraction of sp³-hybridized carbons (Fsp3) is 1.00. The van der Waals surface area contributed by atoms with E-state index in [1.807, 2.05) is 6.92 Å². The summed E-state index contributed by atoms with van der Waals surface area (Å²) in [5.74, 6) is 0.675. The zero-order valence-electron chi connectivity index (χ0n) is 10.1. The molecule has 1 unspecified atom stereocenters. The fourth-order valence-corrected chi connectivity index (χ4v) is 3.86. The minimum atomic E-state index is -3.12. The number of hydrogen-bond acceptors (Lipinski definition) is 3. The Kier molecular flexibility index (Phi) is 5.72. The number of hydrogen-bond donors (Lipinski definition) is 2. The molecule has 16 heavy (non-hydrogen) atoms. The molecule has 1 atom stereocenters. The largest absolute Gasteiger partial charge is 0.329 e. The summed E-state index contributed by atoms with van der Waals surface area (Å²) in [4.78, 5) is 0. The molecule has 1 aliphatic rings. The van der Waals surface area contributed by atoms with Crippen LogP contribution in [0.4, 0.5) is 0 Å². The SMILES string of the molecule is CCCCS(=O)(=O)NC(CN)C1CCCC1. The predicted molar refractivity (Wildman–Crippen MR) is 66.6 cm³/mol. The van der Waals surface area contributed by atoms with Crippen LogP contribution in [0.3, 0.4) is 0 Å². The van der Waals surface area contributed by atoms with Gasteiger partial charge in [0, 0.05) is 12.6 Å². The molecule has 3 N–H and O–H groups in total. The molecule has 0 amide bonds. The van der Waals surface area contributed by atoms with Crippen LogP contribution in [0.25, 0.3) is 0 Å². The van der Waals surface area contributed by atoms with Gasteiger partial charge in [-0.15, -0.1) is 0 Å². The highest BCUT2D eigenvalue weighted by atomic mass is 32.2. The molecule has 1 aliphatic carbocycles. The average Bonchev–Trinajstić information content (AvgIpc) is 2.76. The molecule has 0 aromatic rings. The van der Waals surface area contributed by atoms with Gasteiger partial charge in [0.15, 0.2) is 0 Å². The molecule has 5 heteroatoms. The second-order valence-electron chi connectivity index (χ2n) is 4.68. The summed E-state index contributed by atoms with van der Waals surface area (Å²) >= 11 is 0. The average molecular weight is 248 g/mol. The summed E-state index contributed by atoms with van der Waals surface area (Å²) in [6.07, 6.45) is 6.25. The lowest BCUT2D eigenvalue weighted by Crippen LogP contribution is -2.45. The normalized spacial score (nSPS) is 20.1. The molecule has 1 rings (SSSR count). The second kappa shape index (κ2) is 6.57. The summed E-state index contributed by atoms with van der Waals surface area (Å²) < 4.78 is 26.3. The molecule has 0 heterocycles. The zero-order valence-corrected chi connectivity index (χ0v) is 10.9. The molecule has 0 spiro atoms. The van der Waals surface area contributed by atoms with E-state index in [-0.39, 0.29) is 11.8 Å². The van der Waals surface area contributed by atoms with Gasteiger partial charge in [0.1, 0.15) is 0 Å². The molecular formula is C11H24N2O2S. The van der Waals surface area contributed by atoms with Crippen LogP contribution >= 0.6 is 0 Å². The van der Waals surface area contributed by atoms with Crippen LogP contribution in [-0.2, 0) is 10.0 Å². The van der Waals surface area contributed by atoms with Gasteiger partial charge in [0.25, 0.3) is 0 Å². The van der Waals surface area contributed by atoms with Crippen molar-refractivity contribution < 1.29 is 8.42 Å². The lowest BCUT2D eigenvalue weighted by molar-refractivity contribution is 0.405. The van der Waals surface area contributed by atoms with Crippen molar-refractivity contribution in [3.05, 3.63) is 0 Å². The van der Waals surface area contributed by atoms with Crippen molar-refractivity contribution in [3.63, 3.8) is 0 Å². The number of nitrogens with two attached hydrogens (primary N) is 1. The first kappa shape index (κ1) is 13.9. The quantitative estimate of drug-likeness (QED) is 0.711. The molecule has 0 saturated heterocycles. The van der Waals surface area contributed by atoms with Crippen LogP contribution in [0.15, 0.2) is 0 Å². The highest BCUT2D eigenvalue weighted by Crippen LogP contribution is 2.27. The number of nitrogens with one attached hydrogen (secondary N) is 1. The Morgan fingerprint density at radius 3 is 2.50 bits per heavy atom. The summed E-state index contributed by atoms with van der Waals surface area (Å²) in [7, 11) is -3.12. The van der Waals surface area contributed by atoms with Gasteiger partial charge < -0.3 is 5.73 Å². The van der Waals surface area contributed by atoms with Crippen molar-refractivity contribution in [3.8, 4) is 0 Å². The van der Waals surface area contributed by atoms with Crippen molar-refractivity contribution in [1.82, 2.24) is 4.72 Å². The zero-order chi connectivity index (χ0) is 12.0. The molecule has 4 nitrogen and oxygen atoms in total. The van der Waals surface area contributed by atoms with Gasteiger partial charge in [-0.2, -0.15) is 0 Å². The first-order chi connectivity index (χ1) is 7.59.